The summed E-state index contributed by atoms with van der Waals surface area (Å²) in [5.41, 5.74) is 2.11. The Balaban J connectivity index is 1.59. The summed E-state index contributed by atoms with van der Waals surface area (Å²) >= 11 is 0. The minimum absolute atomic E-state index is 0.263. The topological polar surface area (TPSA) is 72.9 Å². The van der Waals surface area contributed by atoms with Gasteiger partial charge in [0.1, 0.15) is 6.04 Å². The van der Waals surface area contributed by atoms with Crippen LogP contribution in [0.25, 0.3) is 0 Å². The Hall–Kier alpha value is -2.24. The summed E-state index contributed by atoms with van der Waals surface area (Å²) in [6, 6.07) is 6.87. The lowest BCUT2D eigenvalue weighted by Crippen LogP contribution is -2.50. The Bertz CT molecular complexity index is 590. The molecule has 0 unspecified atom stereocenters. The molecule has 0 bridgehead atoms. The molecule has 0 saturated carbocycles. The van der Waals surface area contributed by atoms with Crippen LogP contribution in [0.1, 0.15) is 37.7 Å². The van der Waals surface area contributed by atoms with Crippen LogP contribution in [-0.2, 0) is 11.2 Å². The molecule has 0 radical (unpaired) electrons. The summed E-state index contributed by atoms with van der Waals surface area (Å²) in [6.07, 6.45) is 5.87. The highest BCUT2D eigenvalue weighted by Crippen LogP contribution is 2.21. The fourth-order valence-electron chi connectivity index (χ4n) is 3.59. The first-order chi connectivity index (χ1) is 12.1. The van der Waals surface area contributed by atoms with Crippen LogP contribution < -0.4 is 10.2 Å². The zero-order valence-electron chi connectivity index (χ0n) is 14.6. The predicted molar refractivity (Wildman–Crippen MR) is 97.0 cm³/mol. The van der Waals surface area contributed by atoms with Crippen molar-refractivity contribution in [2.45, 2.75) is 44.6 Å². The molecular formula is C19H27N3O3. The van der Waals surface area contributed by atoms with Crippen molar-refractivity contribution in [3.05, 3.63) is 29.8 Å². The summed E-state index contributed by atoms with van der Waals surface area (Å²) in [7, 11) is 0. The van der Waals surface area contributed by atoms with E-state index in [9.17, 15) is 14.7 Å². The number of hydrogen-bond acceptors (Lipinski definition) is 3. The number of hydrogen-bond donors (Lipinski definition) is 2. The normalized spacial score (nSPS) is 18.9. The molecule has 2 aliphatic rings. The van der Waals surface area contributed by atoms with Gasteiger partial charge in [-0.1, -0.05) is 12.1 Å². The lowest BCUT2D eigenvalue weighted by atomic mass is 10.1. The number of benzene rings is 1. The number of aliphatic carboxylic acids is 1. The maximum Gasteiger partial charge on any atom is 0.326 e. The molecule has 0 aromatic heterocycles. The second-order valence-electron chi connectivity index (χ2n) is 6.95. The van der Waals surface area contributed by atoms with Gasteiger partial charge in [-0.05, 0) is 49.8 Å². The number of piperidine rings is 1. The number of amides is 2. The number of likely N-dealkylation sites (tertiary alicyclic amines) is 1. The maximum absolute atomic E-state index is 12.3. The van der Waals surface area contributed by atoms with E-state index in [1.807, 2.05) is 24.3 Å². The van der Waals surface area contributed by atoms with Crippen LogP contribution in [-0.4, -0.2) is 54.2 Å². The molecule has 1 atom stereocenters. The van der Waals surface area contributed by atoms with Gasteiger partial charge < -0.3 is 20.2 Å². The number of nitrogens with one attached hydrogen (secondary N) is 1. The van der Waals surface area contributed by atoms with Crippen LogP contribution >= 0.6 is 0 Å². The fraction of sp³-hybridized carbons (Fsp3) is 0.579. The van der Waals surface area contributed by atoms with Crippen molar-refractivity contribution in [2.24, 2.45) is 0 Å². The van der Waals surface area contributed by atoms with Crippen LogP contribution in [0.3, 0.4) is 0 Å². The molecule has 2 saturated heterocycles. The van der Waals surface area contributed by atoms with E-state index in [0.29, 0.717) is 19.5 Å². The highest BCUT2D eigenvalue weighted by atomic mass is 16.4. The van der Waals surface area contributed by atoms with Gasteiger partial charge in [-0.2, -0.15) is 0 Å². The quantitative estimate of drug-likeness (QED) is 0.860. The van der Waals surface area contributed by atoms with Crippen LogP contribution in [0.4, 0.5) is 10.5 Å². The largest absolute Gasteiger partial charge is 0.480 e. The first-order valence-electron chi connectivity index (χ1n) is 9.25. The maximum atomic E-state index is 12.3. The Kier molecular flexibility index (Phi) is 5.79. The van der Waals surface area contributed by atoms with Gasteiger partial charge in [-0.15, -0.1) is 0 Å². The Labute approximate surface area is 148 Å². The second-order valence-corrected chi connectivity index (χ2v) is 6.95. The molecule has 3 rings (SSSR count). The minimum Gasteiger partial charge on any atom is -0.480 e. The van der Waals surface area contributed by atoms with E-state index in [-0.39, 0.29) is 6.03 Å². The average Bonchev–Trinajstić information content (AvgIpc) is 3.17. The third-order valence-electron chi connectivity index (χ3n) is 5.09. The van der Waals surface area contributed by atoms with E-state index in [0.717, 1.165) is 37.9 Å². The number of carbonyl (C=O) groups excluding carboxylic acids is 1. The van der Waals surface area contributed by atoms with Gasteiger partial charge in [0, 0.05) is 38.3 Å². The highest BCUT2D eigenvalue weighted by Gasteiger charge is 2.24. The van der Waals surface area contributed by atoms with E-state index in [2.05, 4.69) is 10.2 Å². The first-order valence-corrected chi connectivity index (χ1v) is 9.25. The lowest BCUT2D eigenvalue weighted by Gasteiger charge is -2.28. The first kappa shape index (κ1) is 17.6. The van der Waals surface area contributed by atoms with Crippen molar-refractivity contribution >= 4 is 17.7 Å². The monoisotopic (exact) mass is 345 g/mol. The summed E-state index contributed by atoms with van der Waals surface area (Å²) in [4.78, 5) is 27.9. The molecule has 6 nitrogen and oxygen atoms in total. The predicted octanol–water partition coefficient (Wildman–Crippen LogP) is 2.48. The molecule has 0 aliphatic carbocycles. The number of carboxylic acids is 1. The third-order valence-corrected chi connectivity index (χ3v) is 5.09. The lowest BCUT2D eigenvalue weighted by molar-refractivity contribution is -0.139. The Morgan fingerprint density at radius 2 is 1.56 bits per heavy atom. The van der Waals surface area contributed by atoms with Crippen molar-refractivity contribution in [1.29, 1.82) is 0 Å². The van der Waals surface area contributed by atoms with Gasteiger partial charge in [-0.25, -0.2) is 9.59 Å². The van der Waals surface area contributed by atoms with Crippen molar-refractivity contribution in [1.82, 2.24) is 10.2 Å². The van der Waals surface area contributed by atoms with E-state index in [1.54, 1.807) is 4.90 Å². The Morgan fingerprint density at radius 1 is 0.960 bits per heavy atom. The van der Waals surface area contributed by atoms with Crippen LogP contribution in [0.15, 0.2) is 24.3 Å². The van der Waals surface area contributed by atoms with Gasteiger partial charge in [-0.3, -0.25) is 0 Å². The third kappa shape index (κ3) is 4.65. The summed E-state index contributed by atoms with van der Waals surface area (Å²) < 4.78 is 0. The fourth-order valence-corrected chi connectivity index (χ4v) is 3.59. The highest BCUT2D eigenvalue weighted by molar-refractivity contribution is 5.82. The average molecular weight is 345 g/mol. The summed E-state index contributed by atoms with van der Waals surface area (Å²) in [5.74, 6) is -0.992. The Morgan fingerprint density at radius 3 is 2.16 bits per heavy atom. The van der Waals surface area contributed by atoms with Gasteiger partial charge in [0.25, 0.3) is 0 Å². The van der Waals surface area contributed by atoms with Crippen molar-refractivity contribution < 1.29 is 14.7 Å². The van der Waals surface area contributed by atoms with Crippen LogP contribution in [0, 0.1) is 0 Å². The molecule has 1 aromatic rings. The summed E-state index contributed by atoms with van der Waals surface area (Å²) in [5, 5.41) is 12.1. The molecule has 136 valence electrons. The number of carbonyl (C=O) groups is 2. The molecule has 6 heteroatoms. The molecule has 2 aliphatic heterocycles. The molecule has 2 fully saturated rings. The number of urea groups is 1. The van der Waals surface area contributed by atoms with Gasteiger partial charge in [0.15, 0.2) is 0 Å². The van der Waals surface area contributed by atoms with E-state index < -0.39 is 12.0 Å². The molecule has 0 spiro atoms. The van der Waals surface area contributed by atoms with Gasteiger partial charge in [0.2, 0.25) is 0 Å². The van der Waals surface area contributed by atoms with Crippen molar-refractivity contribution in [2.75, 3.05) is 31.1 Å². The summed E-state index contributed by atoms with van der Waals surface area (Å²) in [6.45, 7) is 3.59. The SMILES string of the molecule is O=C(O)[C@H](Cc1ccc(N2CCCC2)cc1)NC(=O)N1CCCCC1. The van der Waals surface area contributed by atoms with Crippen molar-refractivity contribution in [3.8, 4) is 0 Å². The van der Waals surface area contributed by atoms with Gasteiger partial charge in [0.05, 0.1) is 0 Å². The number of rotatable bonds is 5. The number of anilines is 1. The van der Waals surface area contributed by atoms with E-state index in [4.69, 9.17) is 0 Å². The molecule has 2 amide bonds. The van der Waals surface area contributed by atoms with E-state index in [1.165, 1.54) is 18.5 Å². The minimum atomic E-state index is -0.992. The molecular weight excluding hydrogens is 318 g/mol. The van der Waals surface area contributed by atoms with Gasteiger partial charge >= 0.3 is 12.0 Å². The smallest absolute Gasteiger partial charge is 0.326 e. The molecule has 2 N–H and O–H groups in total. The second kappa shape index (κ2) is 8.23. The molecule has 1 aromatic carbocycles. The van der Waals surface area contributed by atoms with E-state index >= 15 is 0 Å². The zero-order valence-corrected chi connectivity index (χ0v) is 14.6. The standard InChI is InChI=1S/C19H27N3O3/c23-18(24)17(20-19(25)22-12-2-1-3-13-22)14-15-6-8-16(9-7-15)21-10-4-5-11-21/h6-9,17H,1-5,10-14H2,(H,20,25)(H,23,24)/t17-/m0/s1. The number of nitrogens with zero attached hydrogens (tertiary/aromatic N) is 2. The van der Waals surface area contributed by atoms with Crippen LogP contribution in [0.2, 0.25) is 0 Å². The van der Waals surface area contributed by atoms with Crippen molar-refractivity contribution in [3.63, 3.8) is 0 Å². The zero-order chi connectivity index (χ0) is 17.6. The molecule has 25 heavy (non-hydrogen) atoms. The number of carboxylic acid groups (broad SMARTS) is 1. The van der Waals surface area contributed by atoms with Crippen LogP contribution in [0.5, 0.6) is 0 Å². The molecule has 2 heterocycles.